The lowest BCUT2D eigenvalue weighted by atomic mass is 10.0. The number of carbonyl (C=O) groups excluding carboxylic acids is 2. The van der Waals surface area contributed by atoms with Gasteiger partial charge in [-0.2, -0.15) is 0 Å². The van der Waals surface area contributed by atoms with E-state index in [1.165, 1.54) is 7.11 Å². The van der Waals surface area contributed by atoms with Crippen molar-refractivity contribution in [2.24, 2.45) is 11.8 Å². The van der Waals surface area contributed by atoms with Crippen molar-refractivity contribution in [1.82, 2.24) is 10.2 Å². The maximum absolute atomic E-state index is 11.9. The average molecular weight is 256 g/mol. The van der Waals surface area contributed by atoms with Crippen LogP contribution in [0, 0.1) is 11.8 Å². The van der Waals surface area contributed by atoms with Crippen LogP contribution in [0.5, 0.6) is 0 Å². The molecule has 104 valence electrons. The van der Waals surface area contributed by atoms with Gasteiger partial charge in [-0.15, -0.1) is 0 Å². The molecule has 1 aliphatic rings. The van der Waals surface area contributed by atoms with Gasteiger partial charge in [0.1, 0.15) is 0 Å². The molecule has 0 aliphatic carbocycles. The minimum Gasteiger partial charge on any atom is -0.469 e. The maximum atomic E-state index is 11.9. The predicted molar refractivity (Wildman–Crippen MR) is 69.0 cm³/mol. The van der Waals surface area contributed by atoms with E-state index in [4.69, 9.17) is 0 Å². The van der Waals surface area contributed by atoms with E-state index >= 15 is 0 Å². The third-order valence-corrected chi connectivity index (χ3v) is 3.51. The summed E-state index contributed by atoms with van der Waals surface area (Å²) in [6, 6.07) is 0. The van der Waals surface area contributed by atoms with Crippen LogP contribution in [0.3, 0.4) is 0 Å². The Morgan fingerprint density at radius 2 is 2.22 bits per heavy atom. The second-order valence-corrected chi connectivity index (χ2v) is 5.10. The molecule has 1 amide bonds. The largest absolute Gasteiger partial charge is 0.469 e. The minimum atomic E-state index is -0.269. The SMILES string of the molecule is COC(=O)C(C)CN(C)C(=O)CCC1CCNC1. The Kier molecular flexibility index (Phi) is 6.12. The van der Waals surface area contributed by atoms with Gasteiger partial charge in [-0.1, -0.05) is 6.92 Å². The highest BCUT2D eigenvalue weighted by Gasteiger charge is 2.20. The predicted octanol–water partition coefficient (Wildman–Crippen LogP) is 0.644. The summed E-state index contributed by atoms with van der Waals surface area (Å²) in [5, 5.41) is 3.29. The lowest BCUT2D eigenvalue weighted by Crippen LogP contribution is -2.34. The van der Waals surface area contributed by atoms with Crippen molar-refractivity contribution in [3.05, 3.63) is 0 Å². The number of methoxy groups -OCH3 is 1. The van der Waals surface area contributed by atoms with Crippen molar-refractivity contribution >= 4 is 11.9 Å². The highest BCUT2D eigenvalue weighted by molar-refractivity contribution is 5.77. The van der Waals surface area contributed by atoms with E-state index in [0.29, 0.717) is 18.9 Å². The summed E-state index contributed by atoms with van der Waals surface area (Å²) in [4.78, 5) is 24.8. The Labute approximate surface area is 109 Å². The van der Waals surface area contributed by atoms with Crippen molar-refractivity contribution in [2.45, 2.75) is 26.2 Å². The number of nitrogens with one attached hydrogen (secondary N) is 1. The molecule has 1 saturated heterocycles. The summed E-state index contributed by atoms with van der Waals surface area (Å²) in [6.07, 6.45) is 2.66. The molecule has 2 atom stereocenters. The number of nitrogens with zero attached hydrogens (tertiary/aromatic N) is 1. The van der Waals surface area contributed by atoms with Crippen LogP contribution in [-0.4, -0.2) is 50.6 Å². The van der Waals surface area contributed by atoms with Crippen LogP contribution in [0.1, 0.15) is 26.2 Å². The quantitative estimate of drug-likeness (QED) is 0.709. The molecule has 0 spiro atoms. The summed E-state index contributed by atoms with van der Waals surface area (Å²) < 4.78 is 4.65. The summed E-state index contributed by atoms with van der Waals surface area (Å²) in [7, 11) is 3.11. The Balaban J connectivity index is 2.25. The van der Waals surface area contributed by atoms with Gasteiger partial charge in [-0.05, 0) is 31.8 Å². The number of hydrogen-bond donors (Lipinski definition) is 1. The molecular formula is C13H24N2O3. The van der Waals surface area contributed by atoms with Gasteiger partial charge in [-0.3, -0.25) is 9.59 Å². The van der Waals surface area contributed by atoms with Gasteiger partial charge in [0, 0.05) is 20.0 Å². The van der Waals surface area contributed by atoms with Gasteiger partial charge in [0.15, 0.2) is 0 Å². The van der Waals surface area contributed by atoms with E-state index in [1.54, 1.807) is 18.9 Å². The molecule has 0 aromatic heterocycles. The van der Waals surface area contributed by atoms with Crippen molar-refractivity contribution < 1.29 is 14.3 Å². The Morgan fingerprint density at radius 1 is 1.50 bits per heavy atom. The Hall–Kier alpha value is -1.10. The lowest BCUT2D eigenvalue weighted by molar-refractivity contribution is -0.146. The molecule has 0 radical (unpaired) electrons. The number of esters is 1. The van der Waals surface area contributed by atoms with E-state index in [9.17, 15) is 9.59 Å². The van der Waals surface area contributed by atoms with Crippen molar-refractivity contribution in [2.75, 3.05) is 33.8 Å². The fraction of sp³-hybridized carbons (Fsp3) is 0.846. The molecule has 1 aliphatic heterocycles. The maximum Gasteiger partial charge on any atom is 0.310 e. The number of rotatable bonds is 6. The van der Waals surface area contributed by atoms with Gasteiger partial charge in [0.25, 0.3) is 0 Å². The highest BCUT2D eigenvalue weighted by Crippen LogP contribution is 2.15. The average Bonchev–Trinajstić information content (AvgIpc) is 2.87. The smallest absolute Gasteiger partial charge is 0.310 e. The van der Waals surface area contributed by atoms with Gasteiger partial charge >= 0.3 is 5.97 Å². The zero-order chi connectivity index (χ0) is 13.5. The highest BCUT2D eigenvalue weighted by atomic mass is 16.5. The van der Waals surface area contributed by atoms with Gasteiger partial charge < -0.3 is 15.0 Å². The van der Waals surface area contributed by atoms with Crippen molar-refractivity contribution in [3.63, 3.8) is 0 Å². The molecule has 18 heavy (non-hydrogen) atoms. The van der Waals surface area contributed by atoms with Crippen LogP contribution in [0.25, 0.3) is 0 Å². The molecule has 1 N–H and O–H groups in total. The number of carbonyl (C=O) groups is 2. The molecule has 0 bridgehead atoms. The van der Waals surface area contributed by atoms with E-state index in [0.717, 1.165) is 25.9 Å². The summed E-state index contributed by atoms with van der Waals surface area (Å²) in [5.74, 6) is 0.199. The van der Waals surface area contributed by atoms with E-state index in [2.05, 4.69) is 10.1 Å². The first kappa shape index (κ1) is 15.0. The number of amides is 1. The summed E-state index contributed by atoms with van der Waals surface area (Å²) in [5.41, 5.74) is 0. The van der Waals surface area contributed by atoms with Crippen molar-refractivity contribution in [1.29, 1.82) is 0 Å². The van der Waals surface area contributed by atoms with Crippen LogP contribution in [-0.2, 0) is 14.3 Å². The standard InChI is InChI=1S/C13H24N2O3/c1-10(13(17)18-3)9-15(2)12(16)5-4-11-6-7-14-8-11/h10-11,14H,4-9H2,1-3H3. The number of hydrogen-bond acceptors (Lipinski definition) is 4. The van der Waals surface area contributed by atoms with Crippen LogP contribution >= 0.6 is 0 Å². The molecule has 1 heterocycles. The monoisotopic (exact) mass is 256 g/mol. The first-order chi connectivity index (χ1) is 8.54. The van der Waals surface area contributed by atoms with E-state index < -0.39 is 0 Å². The van der Waals surface area contributed by atoms with E-state index in [1.807, 2.05) is 0 Å². The third-order valence-electron chi connectivity index (χ3n) is 3.51. The third kappa shape index (κ3) is 4.64. The van der Waals surface area contributed by atoms with Gasteiger partial charge in [0.05, 0.1) is 13.0 Å². The van der Waals surface area contributed by atoms with Gasteiger partial charge in [-0.25, -0.2) is 0 Å². The molecule has 5 nitrogen and oxygen atoms in total. The summed E-state index contributed by atoms with van der Waals surface area (Å²) >= 11 is 0. The molecule has 0 saturated carbocycles. The molecule has 1 fully saturated rings. The number of ether oxygens (including phenoxy) is 1. The van der Waals surface area contributed by atoms with Gasteiger partial charge in [0.2, 0.25) is 5.91 Å². The molecule has 0 aromatic rings. The topological polar surface area (TPSA) is 58.6 Å². The fourth-order valence-corrected chi connectivity index (χ4v) is 2.27. The first-order valence-electron chi connectivity index (χ1n) is 6.57. The molecular weight excluding hydrogens is 232 g/mol. The Morgan fingerprint density at radius 3 is 2.78 bits per heavy atom. The zero-order valence-electron chi connectivity index (χ0n) is 11.6. The second kappa shape index (κ2) is 7.36. The van der Waals surface area contributed by atoms with Crippen LogP contribution in [0.15, 0.2) is 0 Å². The fourth-order valence-electron chi connectivity index (χ4n) is 2.27. The normalized spacial score (nSPS) is 20.5. The molecule has 5 heteroatoms. The van der Waals surface area contributed by atoms with Crippen molar-refractivity contribution in [3.8, 4) is 0 Å². The van der Waals surface area contributed by atoms with Crippen LogP contribution < -0.4 is 5.32 Å². The second-order valence-electron chi connectivity index (χ2n) is 5.10. The first-order valence-corrected chi connectivity index (χ1v) is 6.57. The van der Waals surface area contributed by atoms with E-state index in [-0.39, 0.29) is 17.8 Å². The molecule has 2 unspecified atom stereocenters. The summed E-state index contributed by atoms with van der Waals surface area (Å²) in [6.45, 7) is 4.29. The Bertz CT molecular complexity index is 288. The lowest BCUT2D eigenvalue weighted by Gasteiger charge is -2.21. The zero-order valence-corrected chi connectivity index (χ0v) is 11.6. The molecule has 0 aromatic carbocycles. The van der Waals surface area contributed by atoms with Crippen LogP contribution in [0.4, 0.5) is 0 Å². The molecule has 1 rings (SSSR count). The minimum absolute atomic E-state index is 0.109. The van der Waals surface area contributed by atoms with Crippen LogP contribution in [0.2, 0.25) is 0 Å².